The molecule has 3 aliphatic rings. The van der Waals surface area contributed by atoms with E-state index in [1.165, 1.54) is 17.4 Å². The van der Waals surface area contributed by atoms with E-state index in [1.54, 1.807) is 0 Å². The number of rotatable bonds is 6. The Hall–Kier alpha value is -2.44. The van der Waals surface area contributed by atoms with Gasteiger partial charge in [-0.25, -0.2) is 0 Å². The van der Waals surface area contributed by atoms with Crippen LogP contribution in [0.25, 0.3) is 0 Å². The molecule has 174 valence electrons. The summed E-state index contributed by atoms with van der Waals surface area (Å²) in [6.45, 7) is 6.25. The molecule has 5 unspecified atom stereocenters. The van der Waals surface area contributed by atoms with Crippen molar-refractivity contribution in [3.63, 3.8) is 0 Å². The molecule has 2 aromatic rings. The summed E-state index contributed by atoms with van der Waals surface area (Å²) in [5, 5.41) is 6.44. The van der Waals surface area contributed by atoms with Gasteiger partial charge < -0.3 is 9.80 Å². The number of fused-ring (bicyclic) bond motifs is 2. The molecule has 5 atom stereocenters. The Kier molecular flexibility index (Phi) is 6.14. The van der Waals surface area contributed by atoms with E-state index in [1.807, 2.05) is 6.07 Å². The number of carbonyl (C=O) groups excluding carboxylic acids is 1. The third-order valence-electron chi connectivity index (χ3n) is 7.13. The van der Waals surface area contributed by atoms with Gasteiger partial charge in [-0.05, 0) is 7.05 Å². The average molecular weight is 512 g/mol. The van der Waals surface area contributed by atoms with E-state index in [4.69, 9.17) is 0 Å². The summed E-state index contributed by atoms with van der Waals surface area (Å²) in [7, 11) is 2.15. The van der Waals surface area contributed by atoms with E-state index < -0.39 is 5.82 Å². The van der Waals surface area contributed by atoms with Crippen molar-refractivity contribution in [1.29, 1.82) is 0 Å². The number of nitrogens with zero attached hydrogens (tertiary/aromatic N) is 4. The maximum absolute atomic E-state index is 14.6. The summed E-state index contributed by atoms with van der Waals surface area (Å²) >= 11 is 1.11. The van der Waals surface area contributed by atoms with Crippen molar-refractivity contribution in [3.8, 4) is 0 Å². The van der Waals surface area contributed by atoms with Crippen LogP contribution in [0.15, 0.2) is 36.5 Å². The second-order valence-corrected chi connectivity index (χ2v) is 10.5. The predicted octanol–water partition coefficient (Wildman–Crippen LogP) is 2.18. The fourth-order valence-electron chi connectivity index (χ4n) is 5.36. The Balaban J connectivity index is 1.31. The van der Waals surface area contributed by atoms with Crippen molar-refractivity contribution in [2.24, 2.45) is 17.8 Å². The van der Waals surface area contributed by atoms with E-state index in [0.29, 0.717) is 5.95 Å². The molecule has 2 bridgehead atoms. The first-order valence-corrected chi connectivity index (χ1v) is 12.7. The molecule has 1 saturated carbocycles. The quantitative estimate of drug-likeness (QED) is 0.454. The molecule has 2 aliphatic carbocycles. The van der Waals surface area contributed by atoms with Gasteiger partial charge in [-0.2, -0.15) is 0 Å². The van der Waals surface area contributed by atoms with Crippen LogP contribution in [0.1, 0.15) is 12.0 Å². The van der Waals surface area contributed by atoms with E-state index >= 15 is 0 Å². The number of anilines is 4. The topological polar surface area (TPSA) is 73.4 Å². The van der Waals surface area contributed by atoms with Crippen LogP contribution in [-0.4, -0.2) is 75.6 Å². The summed E-state index contributed by atoms with van der Waals surface area (Å²) in [4.78, 5) is 25.5. The van der Waals surface area contributed by atoms with Gasteiger partial charge in [-0.15, -0.1) is 0 Å². The zero-order valence-corrected chi connectivity index (χ0v) is 21.4. The van der Waals surface area contributed by atoms with Gasteiger partial charge in [0.05, 0.1) is 0 Å². The second kappa shape index (κ2) is 9.07. The number of aromatic nitrogens is 2. The molecule has 2 N–H and O–H groups in total. The van der Waals surface area contributed by atoms with Crippen LogP contribution in [0.2, 0.25) is 0 Å². The van der Waals surface area contributed by atoms with Crippen LogP contribution in [-0.2, 0) is 4.79 Å². The number of nitrogens with one attached hydrogen (secondary N) is 2. The Morgan fingerprint density at radius 1 is 1.18 bits per heavy atom. The van der Waals surface area contributed by atoms with Gasteiger partial charge >= 0.3 is 159 Å². The number of halogens is 1. The maximum atomic E-state index is 14.6. The Bertz CT molecular complexity index is 1090. The molecule has 1 aromatic carbocycles. The number of hydrogen-bond donors (Lipinski definition) is 2. The number of aryl methyl sites for hydroxylation is 1. The summed E-state index contributed by atoms with van der Waals surface area (Å²) in [5.41, 5.74) is 3.26. The molecule has 33 heavy (non-hydrogen) atoms. The zero-order valence-electron chi connectivity index (χ0n) is 19.0. The minimum Gasteiger partial charge on any atom is -0.369 e. The van der Waals surface area contributed by atoms with Gasteiger partial charge in [0, 0.05) is 26.2 Å². The van der Waals surface area contributed by atoms with Crippen molar-refractivity contribution in [1.82, 2.24) is 14.9 Å². The molecule has 5 rings (SSSR count). The minimum atomic E-state index is -0.512. The van der Waals surface area contributed by atoms with Crippen molar-refractivity contribution in [2.45, 2.75) is 19.4 Å². The van der Waals surface area contributed by atoms with E-state index in [9.17, 15) is 9.18 Å². The van der Waals surface area contributed by atoms with Crippen molar-refractivity contribution < 1.29 is 9.18 Å². The first kappa shape index (κ1) is 22.4. The average Bonchev–Trinajstić information content (AvgIpc) is 3.39. The number of allylic oxidation sites excluding steroid dienone is 1. The number of carbonyl (C=O) groups is 1. The van der Waals surface area contributed by atoms with Crippen LogP contribution in [0.4, 0.5) is 27.5 Å². The van der Waals surface area contributed by atoms with Crippen molar-refractivity contribution in [2.75, 3.05) is 48.8 Å². The Morgan fingerprint density at radius 3 is 2.67 bits per heavy atom. The van der Waals surface area contributed by atoms with Crippen molar-refractivity contribution in [3.05, 3.63) is 47.9 Å². The van der Waals surface area contributed by atoms with Gasteiger partial charge in [0.25, 0.3) is 0 Å². The standard InChI is InChI=1S/C24H30AsFN6O/c1-14-11-17(5-6-19(14)32-9-7-31(2)8-10-32)28-24-27-13-18(26)23(30-24)29-21-16-4-3-15(12-16)20(21)22(25)33/h3-6,11,13,15-16,20-21H,7-10,12,25H2,1-2H3,(H2,27,28,29,30). The normalized spacial score (nSPS) is 26.6. The molecule has 2 heterocycles. The van der Waals surface area contributed by atoms with E-state index in [-0.39, 0.29) is 34.2 Å². The minimum absolute atomic E-state index is 0.115. The third-order valence-corrected chi connectivity index (χ3v) is 7.94. The molecule has 0 spiro atoms. The molecule has 0 amide bonds. The predicted molar refractivity (Wildman–Crippen MR) is 131 cm³/mol. The van der Waals surface area contributed by atoms with Crippen molar-refractivity contribution >= 4 is 44.6 Å². The fraction of sp³-hybridized carbons (Fsp3) is 0.458. The first-order chi connectivity index (χ1) is 15.9. The number of hydrogen-bond acceptors (Lipinski definition) is 7. The van der Waals surface area contributed by atoms with Crippen LogP contribution in [0.3, 0.4) is 0 Å². The number of piperazine rings is 1. The van der Waals surface area contributed by atoms with E-state index in [2.05, 4.69) is 68.7 Å². The van der Waals surface area contributed by atoms with Crippen LogP contribution >= 0.6 is 0 Å². The molecule has 7 nitrogen and oxygen atoms in total. The van der Waals surface area contributed by atoms with Gasteiger partial charge in [-0.3, -0.25) is 0 Å². The number of benzene rings is 1. The SMILES string of the molecule is Cc1cc(Nc2ncc(F)c(NC3C4C=CC(C4)C3C(=O)[AsH2])n2)ccc1N1CCN(C)CC1. The van der Waals surface area contributed by atoms with E-state index in [0.717, 1.165) is 55.1 Å². The molecule has 1 aromatic heterocycles. The first-order valence-electron chi connectivity index (χ1n) is 11.5. The fourth-order valence-corrected chi connectivity index (χ4v) is 6.31. The molecule has 1 saturated heterocycles. The molecule has 0 radical (unpaired) electrons. The number of likely N-dealkylation sites (N-methyl/N-ethyl adjacent to an activating group) is 1. The van der Waals surface area contributed by atoms with Crippen LogP contribution < -0.4 is 15.5 Å². The molecule has 9 heteroatoms. The summed E-state index contributed by atoms with van der Waals surface area (Å²) < 4.78 is 14.8. The second-order valence-electron chi connectivity index (χ2n) is 9.35. The van der Waals surface area contributed by atoms with Gasteiger partial charge in [0.2, 0.25) is 0 Å². The summed E-state index contributed by atoms with van der Waals surface area (Å²) in [5.74, 6) is 0.319. The summed E-state index contributed by atoms with van der Waals surface area (Å²) in [6, 6.07) is 6.07. The molecular formula is C24H30AsFN6O. The molecular weight excluding hydrogens is 482 g/mol. The van der Waals surface area contributed by atoms with Gasteiger partial charge in [0.1, 0.15) is 0 Å². The van der Waals surface area contributed by atoms with Crippen LogP contribution in [0.5, 0.6) is 0 Å². The monoisotopic (exact) mass is 512 g/mol. The smallest absolute Gasteiger partial charge is 0.369 e. The third kappa shape index (κ3) is 4.51. The van der Waals surface area contributed by atoms with Gasteiger partial charge in [0.15, 0.2) is 0 Å². The zero-order chi connectivity index (χ0) is 23.1. The van der Waals surface area contributed by atoms with Gasteiger partial charge in [-0.1, -0.05) is 0 Å². The molecule has 1 aliphatic heterocycles. The Labute approximate surface area is 202 Å². The molecule has 2 fully saturated rings. The van der Waals surface area contributed by atoms with Crippen LogP contribution in [0, 0.1) is 30.5 Å². The summed E-state index contributed by atoms with van der Waals surface area (Å²) in [6.07, 6.45) is 6.38. The Morgan fingerprint density at radius 2 is 1.94 bits per heavy atom.